The number of benzene rings is 1. The molecule has 1 heterocycles. The lowest BCUT2D eigenvalue weighted by molar-refractivity contribution is -0.267. The third kappa shape index (κ3) is 3.94. The zero-order valence-corrected chi connectivity index (χ0v) is 13.9. The minimum atomic E-state index is -0.0795. The molecule has 0 amide bonds. The summed E-state index contributed by atoms with van der Waals surface area (Å²) in [6, 6.07) is 10.7. The highest BCUT2D eigenvalue weighted by atomic mass is 16.7. The first-order chi connectivity index (χ1) is 9.92. The molecular formula is C18H28N2O. The normalized spacial score (nSPS) is 30.1. The Morgan fingerprint density at radius 2 is 2.00 bits per heavy atom. The maximum absolute atomic E-state index is 6.01. The van der Waals surface area contributed by atoms with E-state index in [1.54, 1.807) is 0 Å². The van der Waals surface area contributed by atoms with E-state index in [0.717, 1.165) is 12.8 Å². The fourth-order valence-electron chi connectivity index (χ4n) is 2.82. The molecule has 0 radical (unpaired) electrons. The van der Waals surface area contributed by atoms with Gasteiger partial charge in [-0.3, -0.25) is 10.2 Å². The van der Waals surface area contributed by atoms with Crippen LogP contribution in [0.5, 0.6) is 0 Å². The predicted octanol–water partition coefficient (Wildman–Crippen LogP) is 4.05. The molecule has 2 rings (SSSR count). The zero-order chi connectivity index (χ0) is 15.5. The lowest BCUT2D eigenvalue weighted by Crippen LogP contribution is -2.63. The van der Waals surface area contributed by atoms with Crippen molar-refractivity contribution < 1.29 is 4.84 Å². The van der Waals surface area contributed by atoms with Gasteiger partial charge in [-0.15, -0.1) is 0 Å². The van der Waals surface area contributed by atoms with E-state index in [9.17, 15) is 0 Å². The molecule has 1 aliphatic rings. The summed E-state index contributed by atoms with van der Waals surface area (Å²) in [4.78, 5) is 6.01. The first-order valence-electron chi connectivity index (χ1n) is 7.78. The SMILES string of the molecule is CC(C)=CCC[C@]1(C)N[C@H](c2ccccc2)ON(C)[C@H]1C. The maximum Gasteiger partial charge on any atom is 0.156 e. The third-order valence-electron chi connectivity index (χ3n) is 4.52. The Hall–Kier alpha value is -1.16. The summed E-state index contributed by atoms with van der Waals surface area (Å²) >= 11 is 0. The fraction of sp³-hybridized carbons (Fsp3) is 0.556. The van der Waals surface area contributed by atoms with E-state index in [4.69, 9.17) is 4.84 Å². The number of hydrogen-bond acceptors (Lipinski definition) is 3. The van der Waals surface area contributed by atoms with Gasteiger partial charge < -0.3 is 0 Å². The Bertz CT molecular complexity index is 481. The third-order valence-corrected chi connectivity index (χ3v) is 4.52. The largest absolute Gasteiger partial charge is 0.280 e. The van der Waals surface area contributed by atoms with Crippen LogP contribution in [-0.4, -0.2) is 23.7 Å². The van der Waals surface area contributed by atoms with Gasteiger partial charge in [-0.2, -0.15) is 5.06 Å². The molecule has 1 aromatic carbocycles. The number of hydrogen-bond donors (Lipinski definition) is 1. The van der Waals surface area contributed by atoms with Gasteiger partial charge in [0.05, 0.1) is 6.04 Å². The average Bonchev–Trinajstić information content (AvgIpc) is 2.45. The van der Waals surface area contributed by atoms with E-state index in [1.165, 1.54) is 11.1 Å². The second-order valence-electron chi connectivity index (χ2n) is 6.50. The monoisotopic (exact) mass is 288 g/mol. The molecule has 1 aliphatic heterocycles. The van der Waals surface area contributed by atoms with E-state index in [0.29, 0.717) is 6.04 Å². The first kappa shape index (κ1) is 16.2. The minimum absolute atomic E-state index is 0.0272. The number of allylic oxidation sites excluding steroid dienone is 2. The van der Waals surface area contributed by atoms with Gasteiger partial charge in [0, 0.05) is 12.6 Å². The summed E-state index contributed by atoms with van der Waals surface area (Å²) in [5.74, 6) is 0. The second kappa shape index (κ2) is 6.73. The van der Waals surface area contributed by atoms with Crippen molar-refractivity contribution in [2.75, 3.05) is 7.05 Å². The molecule has 1 fully saturated rings. The summed E-state index contributed by atoms with van der Waals surface area (Å²) in [7, 11) is 2.03. The molecule has 0 aromatic heterocycles. The highest BCUT2D eigenvalue weighted by Gasteiger charge is 2.41. The number of nitrogens with zero attached hydrogens (tertiary/aromatic N) is 1. The van der Waals surface area contributed by atoms with Crippen LogP contribution >= 0.6 is 0 Å². The lowest BCUT2D eigenvalue weighted by atomic mass is 9.86. The van der Waals surface area contributed by atoms with Crippen LogP contribution < -0.4 is 5.32 Å². The highest BCUT2D eigenvalue weighted by Crippen LogP contribution is 2.32. The number of likely N-dealkylation sites (N-methyl/N-ethyl adjacent to an activating group) is 1. The summed E-state index contributed by atoms with van der Waals surface area (Å²) in [5.41, 5.74) is 2.58. The molecular weight excluding hydrogens is 260 g/mol. The van der Waals surface area contributed by atoms with Crippen molar-refractivity contribution in [2.24, 2.45) is 0 Å². The van der Waals surface area contributed by atoms with Crippen LogP contribution in [0.2, 0.25) is 0 Å². The number of hydroxylamine groups is 2. The molecule has 0 aliphatic carbocycles. The Morgan fingerprint density at radius 3 is 2.62 bits per heavy atom. The first-order valence-corrected chi connectivity index (χ1v) is 7.78. The van der Waals surface area contributed by atoms with Crippen molar-refractivity contribution in [1.82, 2.24) is 10.4 Å². The van der Waals surface area contributed by atoms with Crippen molar-refractivity contribution in [3.05, 3.63) is 47.5 Å². The van der Waals surface area contributed by atoms with Gasteiger partial charge in [0.15, 0.2) is 6.23 Å². The molecule has 0 spiro atoms. The smallest absolute Gasteiger partial charge is 0.156 e. The van der Waals surface area contributed by atoms with Crippen LogP contribution in [0.15, 0.2) is 42.0 Å². The van der Waals surface area contributed by atoms with Crippen molar-refractivity contribution in [2.45, 2.75) is 58.3 Å². The van der Waals surface area contributed by atoms with E-state index in [-0.39, 0.29) is 11.8 Å². The Balaban J connectivity index is 2.13. The van der Waals surface area contributed by atoms with E-state index >= 15 is 0 Å². The maximum atomic E-state index is 6.01. The van der Waals surface area contributed by atoms with Gasteiger partial charge in [0.2, 0.25) is 0 Å². The topological polar surface area (TPSA) is 24.5 Å². The van der Waals surface area contributed by atoms with Gasteiger partial charge in [-0.25, -0.2) is 0 Å². The van der Waals surface area contributed by atoms with E-state index in [1.807, 2.05) is 18.2 Å². The zero-order valence-electron chi connectivity index (χ0n) is 13.9. The Morgan fingerprint density at radius 1 is 1.33 bits per heavy atom. The van der Waals surface area contributed by atoms with Crippen LogP contribution in [-0.2, 0) is 4.84 Å². The standard InChI is InChI=1S/C18H28N2O/c1-14(2)10-9-13-18(4)15(3)20(5)21-17(19-18)16-11-7-6-8-12-16/h6-8,10-12,15,17,19H,9,13H2,1-5H3/t15-,17-,18-/m0/s1. The van der Waals surface area contributed by atoms with Crippen LogP contribution in [0.3, 0.4) is 0 Å². The van der Waals surface area contributed by atoms with Crippen molar-refractivity contribution in [1.29, 1.82) is 0 Å². The molecule has 3 nitrogen and oxygen atoms in total. The fourth-order valence-corrected chi connectivity index (χ4v) is 2.82. The van der Waals surface area contributed by atoms with Crippen molar-refractivity contribution in [3.63, 3.8) is 0 Å². The molecule has 1 aromatic rings. The molecule has 1 N–H and O–H groups in total. The Labute approximate surface area is 128 Å². The molecule has 3 heteroatoms. The van der Waals surface area contributed by atoms with Gasteiger partial charge in [-0.1, -0.05) is 42.0 Å². The number of rotatable bonds is 4. The van der Waals surface area contributed by atoms with Crippen molar-refractivity contribution in [3.8, 4) is 0 Å². The highest BCUT2D eigenvalue weighted by molar-refractivity contribution is 5.18. The van der Waals surface area contributed by atoms with Gasteiger partial charge >= 0.3 is 0 Å². The van der Waals surface area contributed by atoms with E-state index < -0.39 is 0 Å². The molecule has 0 bridgehead atoms. The summed E-state index contributed by atoms with van der Waals surface area (Å²) in [5, 5.41) is 5.70. The summed E-state index contributed by atoms with van der Waals surface area (Å²) < 4.78 is 0. The molecule has 3 atom stereocenters. The average molecular weight is 288 g/mol. The van der Waals surface area contributed by atoms with E-state index in [2.05, 4.69) is 63.4 Å². The molecule has 1 saturated heterocycles. The molecule has 116 valence electrons. The van der Waals surface area contributed by atoms with Crippen molar-refractivity contribution >= 4 is 0 Å². The van der Waals surface area contributed by atoms with Gasteiger partial charge in [0.25, 0.3) is 0 Å². The van der Waals surface area contributed by atoms with Gasteiger partial charge in [-0.05, 0) is 46.1 Å². The van der Waals surface area contributed by atoms with Crippen LogP contribution in [0, 0.1) is 0 Å². The van der Waals surface area contributed by atoms with Crippen LogP contribution in [0.25, 0.3) is 0 Å². The molecule has 0 saturated carbocycles. The molecule has 0 unspecified atom stereocenters. The summed E-state index contributed by atoms with van der Waals surface area (Å²) in [6.45, 7) is 8.83. The van der Waals surface area contributed by atoms with Crippen LogP contribution in [0.1, 0.15) is 52.3 Å². The van der Waals surface area contributed by atoms with Crippen LogP contribution in [0.4, 0.5) is 0 Å². The number of nitrogens with one attached hydrogen (secondary N) is 1. The minimum Gasteiger partial charge on any atom is -0.280 e. The lowest BCUT2D eigenvalue weighted by Gasteiger charge is -2.49. The second-order valence-corrected chi connectivity index (χ2v) is 6.50. The summed E-state index contributed by atoms with van der Waals surface area (Å²) in [6.07, 6.45) is 4.42. The van der Waals surface area contributed by atoms with Gasteiger partial charge in [0.1, 0.15) is 0 Å². The molecule has 21 heavy (non-hydrogen) atoms. The quantitative estimate of drug-likeness (QED) is 0.846. The predicted molar refractivity (Wildman–Crippen MR) is 87.7 cm³/mol. The Kier molecular flexibility index (Phi) is 5.20.